The van der Waals surface area contributed by atoms with Crippen LogP contribution in [-0.2, 0) is 9.59 Å². The molecular formula is C25H29N3O7. The van der Waals surface area contributed by atoms with Gasteiger partial charge in [0.25, 0.3) is 17.4 Å². The molecule has 0 spiro atoms. The lowest BCUT2D eigenvalue weighted by Crippen LogP contribution is -2.38. The summed E-state index contributed by atoms with van der Waals surface area (Å²) < 4.78 is 10.7. The van der Waals surface area contributed by atoms with E-state index in [9.17, 15) is 24.8 Å². The Balaban J connectivity index is 2.14. The number of ketones is 1. The molecule has 0 radical (unpaired) electrons. The first kappa shape index (κ1) is 25.7. The molecule has 0 bridgehead atoms. The van der Waals surface area contributed by atoms with E-state index in [1.54, 1.807) is 18.2 Å². The third-order valence-electron chi connectivity index (χ3n) is 6.17. The van der Waals surface area contributed by atoms with Gasteiger partial charge in [-0.25, -0.2) is 0 Å². The van der Waals surface area contributed by atoms with Gasteiger partial charge in [-0.05, 0) is 42.9 Å². The van der Waals surface area contributed by atoms with Crippen LogP contribution in [-0.4, -0.2) is 71.9 Å². The highest BCUT2D eigenvalue weighted by atomic mass is 16.6. The summed E-state index contributed by atoms with van der Waals surface area (Å²) in [6, 6.07) is 9.35. The van der Waals surface area contributed by atoms with Gasteiger partial charge < -0.3 is 24.4 Å². The topological polar surface area (TPSA) is 122 Å². The minimum absolute atomic E-state index is 0.0874. The van der Waals surface area contributed by atoms with Crippen molar-refractivity contribution >= 4 is 23.1 Å². The summed E-state index contributed by atoms with van der Waals surface area (Å²) in [7, 11) is 2.98. The lowest BCUT2D eigenvalue weighted by molar-refractivity contribution is -0.384. The third kappa shape index (κ3) is 5.12. The van der Waals surface area contributed by atoms with Gasteiger partial charge in [-0.3, -0.25) is 19.7 Å². The number of likely N-dealkylation sites (N-methyl/N-ethyl adjacent to an activating group) is 1. The highest BCUT2D eigenvalue weighted by Crippen LogP contribution is 2.42. The molecule has 10 heteroatoms. The SMILES string of the molecule is CCN(CC)CCN1C(=O)C(=O)/C(=C(\O)c2ccc([N+](=O)[O-])cc2)C1c1ccc(OC)c(OC)c1. The zero-order valence-corrected chi connectivity index (χ0v) is 20.2. The number of rotatable bonds is 10. The van der Waals surface area contributed by atoms with Crippen LogP contribution in [0.15, 0.2) is 48.0 Å². The number of aliphatic hydroxyl groups is 1. The lowest BCUT2D eigenvalue weighted by atomic mass is 9.95. The molecule has 1 saturated heterocycles. The summed E-state index contributed by atoms with van der Waals surface area (Å²) in [5.74, 6) is -1.05. The number of nitrogens with zero attached hydrogens (tertiary/aromatic N) is 3. The molecule has 0 saturated carbocycles. The van der Waals surface area contributed by atoms with Gasteiger partial charge in [0.2, 0.25) is 0 Å². The van der Waals surface area contributed by atoms with E-state index in [0.29, 0.717) is 23.6 Å². The maximum absolute atomic E-state index is 13.2. The minimum Gasteiger partial charge on any atom is -0.507 e. The molecule has 10 nitrogen and oxygen atoms in total. The first-order chi connectivity index (χ1) is 16.8. The molecule has 35 heavy (non-hydrogen) atoms. The predicted molar refractivity (Wildman–Crippen MR) is 129 cm³/mol. The molecule has 1 N–H and O–H groups in total. The van der Waals surface area contributed by atoms with Crippen molar-refractivity contribution in [3.63, 3.8) is 0 Å². The van der Waals surface area contributed by atoms with Crippen molar-refractivity contribution < 1.29 is 29.1 Å². The first-order valence-corrected chi connectivity index (χ1v) is 11.2. The van der Waals surface area contributed by atoms with Crippen LogP contribution in [0.1, 0.15) is 31.0 Å². The van der Waals surface area contributed by atoms with Crippen LogP contribution in [0.25, 0.3) is 5.76 Å². The summed E-state index contributed by atoms with van der Waals surface area (Å²) in [4.78, 5) is 40.3. The quantitative estimate of drug-likeness (QED) is 0.179. The number of nitro groups is 1. The normalized spacial score (nSPS) is 17.2. The summed E-state index contributed by atoms with van der Waals surface area (Å²) in [5.41, 5.74) is 0.515. The number of likely N-dealkylation sites (tertiary alicyclic amines) is 1. The summed E-state index contributed by atoms with van der Waals surface area (Å²) in [5, 5.41) is 22.1. The third-order valence-corrected chi connectivity index (χ3v) is 6.17. The van der Waals surface area contributed by atoms with Crippen LogP contribution in [0, 0.1) is 10.1 Å². The largest absolute Gasteiger partial charge is 0.507 e. The second-order valence-electron chi connectivity index (χ2n) is 7.94. The fourth-order valence-electron chi connectivity index (χ4n) is 4.17. The summed E-state index contributed by atoms with van der Waals surface area (Å²) in [6.45, 7) is 6.40. The van der Waals surface area contributed by atoms with Crippen LogP contribution in [0.3, 0.4) is 0 Å². The van der Waals surface area contributed by atoms with E-state index in [1.165, 1.54) is 43.4 Å². The highest BCUT2D eigenvalue weighted by molar-refractivity contribution is 6.46. The second kappa shape index (κ2) is 11.0. The number of methoxy groups -OCH3 is 2. The van der Waals surface area contributed by atoms with Gasteiger partial charge in [0.05, 0.1) is 30.8 Å². The Morgan fingerprint density at radius 1 is 1.06 bits per heavy atom. The number of benzene rings is 2. The van der Waals surface area contributed by atoms with Crippen LogP contribution >= 0.6 is 0 Å². The van der Waals surface area contributed by atoms with Gasteiger partial charge in [0.1, 0.15) is 5.76 Å². The van der Waals surface area contributed by atoms with Gasteiger partial charge >= 0.3 is 0 Å². The Labute approximate surface area is 203 Å². The van der Waals surface area contributed by atoms with Crippen molar-refractivity contribution in [2.75, 3.05) is 40.4 Å². The van der Waals surface area contributed by atoms with E-state index in [4.69, 9.17) is 9.47 Å². The van der Waals surface area contributed by atoms with E-state index in [2.05, 4.69) is 4.90 Å². The molecule has 1 aliphatic rings. The molecular weight excluding hydrogens is 454 g/mol. The van der Waals surface area contributed by atoms with E-state index in [1.807, 2.05) is 13.8 Å². The standard InChI is InChI=1S/C25H29N3O7/c1-5-26(6-2)13-14-27-22(17-9-12-19(34-3)20(15-17)35-4)21(24(30)25(27)31)23(29)16-7-10-18(11-8-16)28(32)33/h7-12,15,22,29H,5-6,13-14H2,1-4H3/b23-21-. The number of non-ortho nitro benzene ring substituents is 1. The number of amides is 1. The Hall–Kier alpha value is -3.92. The van der Waals surface area contributed by atoms with Gasteiger partial charge in [-0.2, -0.15) is 0 Å². The number of ether oxygens (including phenoxy) is 2. The molecule has 1 unspecified atom stereocenters. The monoisotopic (exact) mass is 483 g/mol. The lowest BCUT2D eigenvalue weighted by Gasteiger charge is -2.28. The predicted octanol–water partition coefficient (Wildman–Crippen LogP) is 3.38. The van der Waals surface area contributed by atoms with E-state index in [0.717, 1.165) is 13.1 Å². The van der Waals surface area contributed by atoms with Crippen molar-refractivity contribution in [3.05, 3.63) is 69.3 Å². The average molecular weight is 484 g/mol. The molecule has 1 amide bonds. The molecule has 1 fully saturated rings. The number of nitro benzene ring substituents is 1. The van der Waals surface area contributed by atoms with Crippen molar-refractivity contribution in [3.8, 4) is 11.5 Å². The van der Waals surface area contributed by atoms with Crippen molar-refractivity contribution in [2.24, 2.45) is 0 Å². The van der Waals surface area contributed by atoms with Crippen molar-refractivity contribution in [1.82, 2.24) is 9.80 Å². The van der Waals surface area contributed by atoms with Crippen LogP contribution in [0.2, 0.25) is 0 Å². The molecule has 1 atom stereocenters. The fourth-order valence-corrected chi connectivity index (χ4v) is 4.17. The maximum Gasteiger partial charge on any atom is 0.295 e. The molecule has 2 aromatic rings. The van der Waals surface area contributed by atoms with E-state index >= 15 is 0 Å². The Morgan fingerprint density at radius 2 is 1.69 bits per heavy atom. The summed E-state index contributed by atoms with van der Waals surface area (Å²) >= 11 is 0. The minimum atomic E-state index is -0.874. The molecule has 1 aliphatic heterocycles. The molecule has 1 heterocycles. The molecule has 0 aliphatic carbocycles. The zero-order chi connectivity index (χ0) is 25.7. The number of hydrogen-bond acceptors (Lipinski definition) is 8. The van der Waals surface area contributed by atoms with Crippen LogP contribution in [0.4, 0.5) is 5.69 Å². The number of Topliss-reactive ketones (excluding diaryl/α,β-unsaturated/α-hetero) is 1. The molecule has 0 aromatic heterocycles. The van der Waals surface area contributed by atoms with Gasteiger partial charge in [-0.1, -0.05) is 19.9 Å². The maximum atomic E-state index is 13.2. The highest BCUT2D eigenvalue weighted by Gasteiger charge is 2.46. The molecule has 186 valence electrons. The smallest absolute Gasteiger partial charge is 0.295 e. The Bertz CT molecular complexity index is 1140. The van der Waals surface area contributed by atoms with Gasteiger partial charge in [0.15, 0.2) is 11.5 Å². The van der Waals surface area contributed by atoms with Crippen LogP contribution in [0.5, 0.6) is 11.5 Å². The Morgan fingerprint density at radius 3 is 2.23 bits per heavy atom. The van der Waals surface area contributed by atoms with Crippen molar-refractivity contribution in [1.29, 1.82) is 0 Å². The average Bonchev–Trinajstić information content (AvgIpc) is 3.13. The number of carbonyl (C=O) groups is 2. The van der Waals surface area contributed by atoms with Gasteiger partial charge in [0, 0.05) is 30.8 Å². The zero-order valence-electron chi connectivity index (χ0n) is 20.2. The fraction of sp³-hybridized carbons (Fsp3) is 0.360. The molecule has 3 rings (SSSR count). The second-order valence-corrected chi connectivity index (χ2v) is 7.94. The number of aliphatic hydroxyl groups excluding tert-OH is 1. The van der Waals surface area contributed by atoms with Gasteiger partial charge in [-0.15, -0.1) is 0 Å². The Kier molecular flexibility index (Phi) is 8.08. The van der Waals surface area contributed by atoms with E-state index in [-0.39, 0.29) is 23.4 Å². The molecule has 2 aromatic carbocycles. The van der Waals surface area contributed by atoms with Crippen LogP contribution < -0.4 is 9.47 Å². The first-order valence-electron chi connectivity index (χ1n) is 11.2. The number of carbonyl (C=O) groups excluding carboxylic acids is 2. The summed E-state index contributed by atoms with van der Waals surface area (Å²) in [6.07, 6.45) is 0. The number of hydrogen-bond donors (Lipinski definition) is 1. The van der Waals surface area contributed by atoms with Crippen molar-refractivity contribution in [2.45, 2.75) is 19.9 Å². The van der Waals surface area contributed by atoms with E-state index < -0.39 is 28.4 Å².